The monoisotopic (exact) mass is 437 g/mol. The Morgan fingerprint density at radius 2 is 2.19 bits per heavy atom. The first-order valence-corrected chi connectivity index (χ1v) is 9.56. The maximum atomic E-state index is 12.5. The molecule has 0 aliphatic carbocycles. The smallest absolute Gasteiger partial charge is 0.357 e. The van der Waals surface area contributed by atoms with E-state index in [1.54, 1.807) is 0 Å². The van der Waals surface area contributed by atoms with Crippen LogP contribution in [0.2, 0.25) is 0 Å². The minimum Gasteiger partial charge on any atom is -0.357 e. The van der Waals surface area contributed by atoms with Gasteiger partial charge in [0, 0.05) is 50.1 Å². The van der Waals surface area contributed by atoms with E-state index in [1.807, 2.05) is 32.1 Å². The van der Waals surface area contributed by atoms with Crippen LogP contribution in [0.4, 0.5) is 13.2 Å². The van der Waals surface area contributed by atoms with Gasteiger partial charge in [0.05, 0.1) is 13.1 Å². The number of hydrogen-bond donors (Lipinski definition) is 1. The lowest BCUT2D eigenvalue weighted by Gasteiger charge is -2.23. The first-order valence-electron chi connectivity index (χ1n) is 8.77. The average molecular weight is 438 g/mol. The molecule has 148 valence electrons. The largest absolute Gasteiger partial charge is 0.401 e. The van der Waals surface area contributed by atoms with E-state index >= 15 is 0 Å². The van der Waals surface area contributed by atoms with Gasteiger partial charge in [0.25, 0.3) is 0 Å². The number of nitrogens with zero attached hydrogens (tertiary/aromatic N) is 4. The zero-order valence-electron chi connectivity index (χ0n) is 15.5. The topological polar surface area (TPSA) is 35.8 Å². The minimum absolute atomic E-state index is 0.170. The molecule has 0 amide bonds. The summed E-state index contributed by atoms with van der Waals surface area (Å²) >= 11 is 3.47. The fourth-order valence-corrected chi connectivity index (χ4v) is 3.76. The summed E-state index contributed by atoms with van der Waals surface area (Å²) in [6.45, 7) is 4.10. The van der Waals surface area contributed by atoms with E-state index in [2.05, 4.69) is 36.9 Å². The molecular formula is C17H27BrF3N5. The normalized spacial score (nSPS) is 19.2. The number of hydrogen-bond acceptors (Lipinski definition) is 2. The molecule has 0 aromatic carbocycles. The van der Waals surface area contributed by atoms with Gasteiger partial charge in [0.2, 0.25) is 0 Å². The maximum Gasteiger partial charge on any atom is 0.401 e. The second-order valence-electron chi connectivity index (χ2n) is 6.82. The molecule has 1 aliphatic heterocycles. The molecule has 0 spiro atoms. The number of nitrogens with one attached hydrogen (secondary N) is 1. The van der Waals surface area contributed by atoms with Crippen LogP contribution in [0.3, 0.4) is 0 Å². The lowest BCUT2D eigenvalue weighted by molar-refractivity contribution is -0.143. The van der Waals surface area contributed by atoms with Crippen LogP contribution >= 0.6 is 15.9 Å². The lowest BCUT2D eigenvalue weighted by Crippen LogP contribution is -2.39. The Morgan fingerprint density at radius 1 is 1.46 bits per heavy atom. The van der Waals surface area contributed by atoms with Crippen LogP contribution in [0.15, 0.2) is 21.7 Å². The molecule has 1 fully saturated rings. The zero-order chi connectivity index (χ0) is 19.3. The molecule has 1 aliphatic rings. The molecule has 9 heteroatoms. The van der Waals surface area contributed by atoms with Gasteiger partial charge in [-0.2, -0.15) is 13.2 Å². The number of rotatable bonds is 6. The molecule has 0 radical (unpaired) electrons. The number of halogens is 4. The van der Waals surface area contributed by atoms with Gasteiger partial charge in [0.15, 0.2) is 5.96 Å². The Bertz CT molecular complexity index is 614. The number of likely N-dealkylation sites (tertiary alicyclic amines) is 1. The van der Waals surface area contributed by atoms with Crippen molar-refractivity contribution in [2.24, 2.45) is 18.0 Å². The summed E-state index contributed by atoms with van der Waals surface area (Å²) in [5.41, 5.74) is 1.14. The molecule has 1 aromatic rings. The highest BCUT2D eigenvalue weighted by Crippen LogP contribution is 2.23. The molecule has 1 N–H and O–H groups in total. The minimum atomic E-state index is -4.13. The number of aryl methyl sites for hydroxylation is 1. The molecule has 5 nitrogen and oxygen atoms in total. The van der Waals surface area contributed by atoms with Crippen molar-refractivity contribution in [3.63, 3.8) is 0 Å². The van der Waals surface area contributed by atoms with Crippen LogP contribution < -0.4 is 5.32 Å². The van der Waals surface area contributed by atoms with Crippen molar-refractivity contribution < 1.29 is 13.2 Å². The van der Waals surface area contributed by atoms with Crippen LogP contribution in [0.5, 0.6) is 0 Å². The Labute approximate surface area is 161 Å². The van der Waals surface area contributed by atoms with Crippen molar-refractivity contribution >= 4 is 21.9 Å². The summed E-state index contributed by atoms with van der Waals surface area (Å²) in [4.78, 5) is 8.17. The molecule has 2 heterocycles. The van der Waals surface area contributed by atoms with Gasteiger partial charge in [-0.3, -0.25) is 9.89 Å². The SMILES string of the molecule is CCNC(=NCC1CCN(CC(F)(F)F)C1)N(C)Cc1cc(Br)cn1C. The van der Waals surface area contributed by atoms with E-state index in [1.165, 1.54) is 4.90 Å². The third-order valence-electron chi connectivity index (χ3n) is 4.44. The van der Waals surface area contributed by atoms with Gasteiger partial charge < -0.3 is 14.8 Å². The Morgan fingerprint density at radius 3 is 2.77 bits per heavy atom. The number of aliphatic imine (C=N–C) groups is 1. The molecule has 26 heavy (non-hydrogen) atoms. The summed E-state index contributed by atoms with van der Waals surface area (Å²) in [7, 11) is 3.96. The first-order chi connectivity index (χ1) is 12.2. The van der Waals surface area contributed by atoms with Crippen molar-refractivity contribution in [3.8, 4) is 0 Å². The summed E-state index contributed by atoms with van der Waals surface area (Å²) < 4.78 is 40.6. The van der Waals surface area contributed by atoms with E-state index in [9.17, 15) is 13.2 Å². The van der Waals surface area contributed by atoms with Gasteiger partial charge >= 0.3 is 6.18 Å². The molecular weight excluding hydrogens is 411 g/mol. The van der Waals surface area contributed by atoms with Crippen LogP contribution in [0.1, 0.15) is 19.0 Å². The first kappa shape index (κ1) is 21.1. The number of guanidine groups is 1. The molecule has 1 aromatic heterocycles. The maximum absolute atomic E-state index is 12.5. The summed E-state index contributed by atoms with van der Waals surface area (Å²) in [5.74, 6) is 0.947. The number of aromatic nitrogens is 1. The third-order valence-corrected chi connectivity index (χ3v) is 4.88. The van der Waals surface area contributed by atoms with E-state index in [0.717, 1.165) is 29.1 Å². The van der Waals surface area contributed by atoms with Crippen molar-refractivity contribution in [3.05, 3.63) is 22.4 Å². The van der Waals surface area contributed by atoms with E-state index in [-0.39, 0.29) is 5.92 Å². The van der Waals surface area contributed by atoms with E-state index in [0.29, 0.717) is 26.2 Å². The highest BCUT2D eigenvalue weighted by atomic mass is 79.9. The van der Waals surface area contributed by atoms with Crippen molar-refractivity contribution in [2.45, 2.75) is 26.1 Å². The van der Waals surface area contributed by atoms with Gasteiger partial charge in [-0.25, -0.2) is 0 Å². The third kappa shape index (κ3) is 6.50. The number of alkyl halides is 3. The standard InChI is InChI=1S/C17H27BrF3N5/c1-4-22-16(25(3)11-15-7-14(18)10-24(15)2)23-8-13-5-6-26(9-13)12-17(19,20)21/h7,10,13H,4-6,8-9,11-12H2,1-3H3,(H,22,23). The van der Waals surface area contributed by atoms with Crippen molar-refractivity contribution in [1.29, 1.82) is 0 Å². The molecule has 1 atom stereocenters. The van der Waals surface area contributed by atoms with Crippen molar-refractivity contribution in [2.75, 3.05) is 39.8 Å². The summed E-state index contributed by atoms with van der Waals surface area (Å²) in [5, 5.41) is 3.26. The van der Waals surface area contributed by atoms with Crippen LogP contribution in [0.25, 0.3) is 0 Å². The quantitative estimate of drug-likeness (QED) is 0.548. The highest BCUT2D eigenvalue weighted by Gasteiger charge is 2.34. The van der Waals surface area contributed by atoms with Gasteiger partial charge in [0.1, 0.15) is 0 Å². The predicted octanol–water partition coefficient (Wildman–Crippen LogP) is 3.07. The average Bonchev–Trinajstić information content (AvgIpc) is 3.08. The fourth-order valence-electron chi connectivity index (χ4n) is 3.19. The van der Waals surface area contributed by atoms with Crippen LogP contribution in [0, 0.1) is 5.92 Å². The second-order valence-corrected chi connectivity index (χ2v) is 7.73. The van der Waals surface area contributed by atoms with Crippen LogP contribution in [-0.2, 0) is 13.6 Å². The fraction of sp³-hybridized carbons (Fsp3) is 0.706. The molecule has 0 saturated carbocycles. The molecule has 1 unspecified atom stereocenters. The molecule has 2 rings (SSSR count). The van der Waals surface area contributed by atoms with Crippen molar-refractivity contribution in [1.82, 2.24) is 19.7 Å². The molecule has 1 saturated heterocycles. The van der Waals surface area contributed by atoms with Gasteiger partial charge in [-0.05, 0) is 47.8 Å². The predicted molar refractivity (Wildman–Crippen MR) is 101 cm³/mol. The van der Waals surface area contributed by atoms with Crippen LogP contribution in [-0.4, -0.2) is 66.3 Å². The Balaban J connectivity index is 1.93. The van der Waals surface area contributed by atoms with Gasteiger partial charge in [-0.15, -0.1) is 0 Å². The zero-order valence-corrected chi connectivity index (χ0v) is 17.1. The summed E-state index contributed by atoms with van der Waals surface area (Å²) in [6.07, 6.45) is -1.37. The Hall–Kier alpha value is -1.22. The van der Waals surface area contributed by atoms with E-state index < -0.39 is 12.7 Å². The Kier molecular flexibility index (Phi) is 7.40. The summed E-state index contributed by atoms with van der Waals surface area (Å²) in [6, 6.07) is 2.06. The second kappa shape index (κ2) is 9.12. The van der Waals surface area contributed by atoms with Gasteiger partial charge in [-0.1, -0.05) is 0 Å². The lowest BCUT2D eigenvalue weighted by atomic mass is 10.1. The van der Waals surface area contributed by atoms with E-state index in [4.69, 9.17) is 0 Å². The molecule has 0 bridgehead atoms. The highest BCUT2D eigenvalue weighted by molar-refractivity contribution is 9.10.